The summed E-state index contributed by atoms with van der Waals surface area (Å²) in [6.07, 6.45) is 0.535. The predicted molar refractivity (Wildman–Crippen MR) is 99.4 cm³/mol. The van der Waals surface area contributed by atoms with Crippen LogP contribution in [0, 0.1) is 19.8 Å². The molecule has 27 heavy (non-hydrogen) atoms. The highest BCUT2D eigenvalue weighted by Gasteiger charge is 2.39. The van der Waals surface area contributed by atoms with Crippen LogP contribution in [-0.2, 0) is 10.0 Å². The fourth-order valence-corrected chi connectivity index (χ4v) is 5.27. The Morgan fingerprint density at radius 2 is 2.07 bits per heavy atom. The first kappa shape index (κ1) is 19.9. The summed E-state index contributed by atoms with van der Waals surface area (Å²) in [4.78, 5) is 15.6. The third kappa shape index (κ3) is 3.74. The number of sulfonamides is 1. The first-order valence-electron chi connectivity index (χ1n) is 8.32. The van der Waals surface area contributed by atoms with Gasteiger partial charge in [0.2, 0.25) is 10.0 Å². The van der Waals surface area contributed by atoms with E-state index in [1.54, 1.807) is 0 Å². The molecule has 10 nitrogen and oxygen atoms in total. The minimum absolute atomic E-state index is 0.0931. The first-order chi connectivity index (χ1) is 12.6. The van der Waals surface area contributed by atoms with Crippen LogP contribution in [-0.4, -0.2) is 87.9 Å². The van der Waals surface area contributed by atoms with Crippen LogP contribution in [0.4, 0.5) is 0 Å². The lowest BCUT2D eigenvalue weighted by atomic mass is 10.1. The minimum atomic E-state index is -3.47. The smallest absolute Gasteiger partial charge is 0.257 e. The van der Waals surface area contributed by atoms with Crippen LogP contribution in [0.1, 0.15) is 20.8 Å². The molecule has 0 aromatic carbocycles. The molecule has 0 aliphatic carbocycles. The number of aryl methyl sites for hydroxylation is 1. The summed E-state index contributed by atoms with van der Waals surface area (Å²) in [5, 5.41) is 22.0. The normalized spacial score (nSPS) is 20.6. The van der Waals surface area contributed by atoms with Crippen LogP contribution in [0.5, 0.6) is 0 Å². The number of aromatic nitrogens is 4. The zero-order chi connectivity index (χ0) is 19.9. The summed E-state index contributed by atoms with van der Waals surface area (Å²) in [6.45, 7) is 4.04. The third-order valence-corrected chi connectivity index (χ3v) is 7.97. The Balaban J connectivity index is 1.86. The fraction of sp³-hybridized carbons (Fsp3) is 0.600. The van der Waals surface area contributed by atoms with Crippen molar-refractivity contribution < 1.29 is 18.3 Å². The van der Waals surface area contributed by atoms with E-state index >= 15 is 0 Å². The number of carbonyl (C=O) groups excluding carboxylic acids is 1. The molecule has 0 spiro atoms. The topological polar surface area (TPSA) is 122 Å². The monoisotopic (exact) mass is 414 g/mol. The van der Waals surface area contributed by atoms with Gasteiger partial charge in [-0.1, -0.05) is 0 Å². The Morgan fingerprint density at radius 1 is 1.37 bits per heavy atom. The Bertz CT molecular complexity index is 938. The molecule has 2 atom stereocenters. The summed E-state index contributed by atoms with van der Waals surface area (Å²) in [5.74, 6) is -0.990. The lowest BCUT2D eigenvalue weighted by molar-refractivity contribution is 0.0764. The van der Waals surface area contributed by atoms with Gasteiger partial charge in [-0.25, -0.2) is 12.7 Å². The molecule has 2 aromatic rings. The Kier molecular flexibility index (Phi) is 5.34. The van der Waals surface area contributed by atoms with Crippen molar-refractivity contribution in [2.45, 2.75) is 20.0 Å². The van der Waals surface area contributed by atoms with Crippen LogP contribution in [0.2, 0.25) is 0 Å². The number of nitrogens with zero attached hydrogens (tertiary/aromatic N) is 6. The minimum Gasteiger partial charge on any atom is -0.391 e. The summed E-state index contributed by atoms with van der Waals surface area (Å²) >= 11 is 1.41. The zero-order valence-corrected chi connectivity index (χ0v) is 17.2. The lowest BCUT2D eigenvalue weighted by Crippen LogP contribution is -2.33. The molecule has 12 heteroatoms. The summed E-state index contributed by atoms with van der Waals surface area (Å²) in [5.41, 5.74) is 1.31. The van der Waals surface area contributed by atoms with Crippen molar-refractivity contribution >= 4 is 27.3 Å². The Morgan fingerprint density at radius 3 is 2.67 bits per heavy atom. The average molecular weight is 415 g/mol. The third-order valence-electron chi connectivity index (χ3n) is 4.81. The van der Waals surface area contributed by atoms with Gasteiger partial charge in [0.25, 0.3) is 5.91 Å². The van der Waals surface area contributed by atoms with Gasteiger partial charge in [-0.05, 0) is 29.8 Å². The van der Waals surface area contributed by atoms with E-state index in [1.165, 1.54) is 41.3 Å². The van der Waals surface area contributed by atoms with Gasteiger partial charge in [0.05, 0.1) is 17.4 Å². The van der Waals surface area contributed by atoms with Gasteiger partial charge >= 0.3 is 0 Å². The highest BCUT2D eigenvalue weighted by atomic mass is 32.2. The van der Waals surface area contributed by atoms with Crippen molar-refractivity contribution in [1.29, 1.82) is 0 Å². The molecule has 1 saturated heterocycles. The number of hydrogen-bond acceptors (Lipinski definition) is 8. The molecule has 1 fully saturated rings. The second kappa shape index (κ2) is 7.26. The highest BCUT2D eigenvalue weighted by Crippen LogP contribution is 2.32. The SMILES string of the molecule is Cc1sc(-n2cnnn2)c(C(=O)N2C[C@@H](CS(=O)(=O)N(C)C)[C@@H](O)C2)c1C. The molecule has 0 unspecified atom stereocenters. The van der Waals surface area contributed by atoms with Crippen molar-refractivity contribution in [2.75, 3.05) is 32.9 Å². The molecule has 0 radical (unpaired) electrons. The Labute approximate surface area is 161 Å². The predicted octanol–water partition coefficient (Wildman–Crippen LogP) is -0.335. The van der Waals surface area contributed by atoms with Gasteiger partial charge < -0.3 is 10.0 Å². The maximum Gasteiger partial charge on any atom is 0.257 e. The maximum absolute atomic E-state index is 13.2. The first-order valence-corrected chi connectivity index (χ1v) is 10.7. The number of hydrogen-bond donors (Lipinski definition) is 1. The van der Waals surface area contributed by atoms with Crippen LogP contribution < -0.4 is 0 Å². The molecule has 1 aliphatic rings. The van der Waals surface area contributed by atoms with Gasteiger partial charge in [-0.15, -0.1) is 16.4 Å². The molecule has 0 saturated carbocycles. The van der Waals surface area contributed by atoms with Crippen molar-refractivity contribution in [3.05, 3.63) is 22.3 Å². The van der Waals surface area contributed by atoms with E-state index in [0.717, 1.165) is 14.7 Å². The summed E-state index contributed by atoms with van der Waals surface area (Å²) in [7, 11) is -0.561. The molecule has 1 amide bonds. The van der Waals surface area contributed by atoms with Crippen LogP contribution in [0.15, 0.2) is 6.33 Å². The standard InChI is InChI=1S/C15H22N6O4S2/c1-9-10(2)26-15(21-8-16-17-18-21)13(9)14(23)20-5-11(12(22)6-20)7-27(24,25)19(3)4/h8,11-12,22H,5-7H2,1-4H3/t11-,12-/m0/s1. The van der Waals surface area contributed by atoms with E-state index < -0.39 is 22.0 Å². The largest absolute Gasteiger partial charge is 0.391 e. The quantitative estimate of drug-likeness (QED) is 0.711. The second-order valence-corrected chi connectivity index (χ2v) is 10.2. The van der Waals surface area contributed by atoms with Crippen molar-refractivity contribution in [2.24, 2.45) is 5.92 Å². The van der Waals surface area contributed by atoms with E-state index in [0.29, 0.717) is 10.6 Å². The van der Waals surface area contributed by atoms with Gasteiger partial charge in [0, 0.05) is 38.0 Å². The van der Waals surface area contributed by atoms with Gasteiger partial charge in [-0.3, -0.25) is 4.79 Å². The lowest BCUT2D eigenvalue weighted by Gasteiger charge is -2.18. The average Bonchev–Trinajstić information content (AvgIpc) is 3.29. The molecule has 2 aromatic heterocycles. The van der Waals surface area contributed by atoms with Crippen LogP contribution >= 0.6 is 11.3 Å². The van der Waals surface area contributed by atoms with Crippen molar-refractivity contribution in [1.82, 2.24) is 29.4 Å². The second-order valence-electron chi connectivity index (χ2n) is 6.82. The number of aliphatic hydroxyl groups is 1. The number of thiophene rings is 1. The zero-order valence-electron chi connectivity index (χ0n) is 15.5. The maximum atomic E-state index is 13.2. The highest BCUT2D eigenvalue weighted by molar-refractivity contribution is 7.89. The number of likely N-dealkylation sites (tertiary alicyclic amines) is 1. The van der Waals surface area contributed by atoms with E-state index in [-0.39, 0.29) is 24.7 Å². The number of carbonyl (C=O) groups is 1. The molecule has 0 bridgehead atoms. The molecule has 3 rings (SSSR count). The van der Waals surface area contributed by atoms with E-state index in [9.17, 15) is 18.3 Å². The van der Waals surface area contributed by atoms with Gasteiger partial charge in [-0.2, -0.15) is 4.68 Å². The summed E-state index contributed by atoms with van der Waals surface area (Å²) in [6, 6.07) is 0. The number of tetrazole rings is 1. The van der Waals surface area contributed by atoms with Crippen molar-refractivity contribution in [3.8, 4) is 5.00 Å². The molecule has 1 aliphatic heterocycles. The fourth-order valence-electron chi connectivity index (χ4n) is 3.04. The molecular formula is C15H22N6O4S2. The van der Waals surface area contributed by atoms with Crippen LogP contribution in [0.3, 0.4) is 0 Å². The van der Waals surface area contributed by atoms with Crippen molar-refractivity contribution in [3.63, 3.8) is 0 Å². The van der Waals surface area contributed by atoms with E-state index in [2.05, 4.69) is 15.5 Å². The molecule has 148 valence electrons. The molecule has 1 N–H and O–H groups in total. The van der Waals surface area contributed by atoms with Crippen LogP contribution in [0.25, 0.3) is 5.00 Å². The number of aliphatic hydroxyl groups excluding tert-OH is 1. The van der Waals surface area contributed by atoms with E-state index in [1.807, 2.05) is 13.8 Å². The van der Waals surface area contributed by atoms with E-state index in [4.69, 9.17) is 0 Å². The molecular weight excluding hydrogens is 392 g/mol. The Hall–Kier alpha value is -1.89. The number of β-amino-alcohol motifs (C(OH)–C–C–N with tert-alkyl or cyclic N) is 1. The van der Waals surface area contributed by atoms with Gasteiger partial charge in [0.15, 0.2) is 0 Å². The van der Waals surface area contributed by atoms with Gasteiger partial charge in [0.1, 0.15) is 11.3 Å². The summed E-state index contributed by atoms with van der Waals surface area (Å²) < 4.78 is 26.8. The number of rotatable bonds is 5. The molecule has 3 heterocycles. The number of amides is 1.